The van der Waals surface area contributed by atoms with Crippen LogP contribution in [0.15, 0.2) is 35.1 Å². The van der Waals surface area contributed by atoms with Crippen LogP contribution in [0.5, 0.6) is 0 Å². The molecule has 1 aromatic rings. The molecule has 11 heteroatoms. The van der Waals surface area contributed by atoms with Gasteiger partial charge < -0.3 is 16.4 Å². The van der Waals surface area contributed by atoms with E-state index in [1.54, 1.807) is 0 Å². The average molecular weight is 377 g/mol. The molecule has 0 aliphatic carbocycles. The predicted octanol–water partition coefficient (Wildman–Crippen LogP) is -0.607. The number of nitrogens with two attached hydrogens (primary N) is 1. The summed E-state index contributed by atoms with van der Waals surface area (Å²) in [6.07, 6.45) is 0. The highest BCUT2D eigenvalue weighted by molar-refractivity contribution is 7.94. The van der Waals surface area contributed by atoms with Crippen molar-refractivity contribution in [2.75, 3.05) is 31.1 Å². The van der Waals surface area contributed by atoms with Crippen LogP contribution in [-0.4, -0.2) is 52.7 Å². The van der Waals surface area contributed by atoms with Gasteiger partial charge in [-0.05, 0) is 18.2 Å². The van der Waals surface area contributed by atoms with Crippen molar-refractivity contribution in [2.24, 2.45) is 0 Å². The van der Waals surface area contributed by atoms with Crippen molar-refractivity contribution < 1.29 is 26.2 Å². The largest absolute Gasteiger partial charge is 0.398 e. The summed E-state index contributed by atoms with van der Waals surface area (Å²) in [6, 6.07) is 3.40. The third-order valence-corrected chi connectivity index (χ3v) is 5.16. The van der Waals surface area contributed by atoms with Gasteiger partial charge in [0.05, 0.1) is 11.4 Å². The summed E-state index contributed by atoms with van der Waals surface area (Å²) in [7, 11) is -7.70. The second kappa shape index (κ2) is 8.24. The normalized spacial score (nSPS) is 11.9. The minimum atomic E-state index is -4.44. The van der Waals surface area contributed by atoms with Gasteiger partial charge in [-0.3, -0.25) is 9.35 Å². The fourth-order valence-electron chi connectivity index (χ4n) is 1.71. The second-order valence-corrected chi connectivity index (χ2v) is 8.22. The molecule has 24 heavy (non-hydrogen) atoms. The molecule has 0 aromatic heterocycles. The molecule has 134 valence electrons. The van der Waals surface area contributed by atoms with E-state index in [4.69, 9.17) is 10.3 Å². The van der Waals surface area contributed by atoms with E-state index in [2.05, 4.69) is 17.2 Å². The Morgan fingerprint density at radius 2 is 1.88 bits per heavy atom. The molecule has 1 rings (SSSR count). The minimum absolute atomic E-state index is 0.0852. The molecule has 0 fully saturated rings. The molecule has 5 N–H and O–H groups in total. The van der Waals surface area contributed by atoms with Gasteiger partial charge in [-0.25, -0.2) is 8.42 Å². The Bertz CT molecular complexity index is 818. The first kappa shape index (κ1) is 20.1. The highest BCUT2D eigenvalue weighted by atomic mass is 32.2. The highest BCUT2D eigenvalue weighted by Crippen LogP contribution is 2.19. The maximum atomic E-state index is 11.9. The number of nitrogen functional groups attached to an aromatic ring is 1. The molecule has 0 aliphatic heterocycles. The Labute approximate surface area is 140 Å². The predicted molar refractivity (Wildman–Crippen MR) is 89.9 cm³/mol. The fraction of sp³-hybridized carbons (Fsp3) is 0.308. The number of hydrogen-bond donors (Lipinski definition) is 4. The van der Waals surface area contributed by atoms with Gasteiger partial charge in [0.25, 0.3) is 16.0 Å². The van der Waals surface area contributed by atoms with Crippen LogP contribution < -0.4 is 16.4 Å². The Balaban J connectivity index is 2.47. The maximum absolute atomic E-state index is 11.9. The maximum Gasteiger partial charge on any atom is 0.296 e. The molecular weight excluding hydrogens is 358 g/mol. The first-order chi connectivity index (χ1) is 11.1. The smallest absolute Gasteiger partial charge is 0.296 e. The van der Waals surface area contributed by atoms with E-state index in [0.29, 0.717) is 6.54 Å². The SMILES string of the molecule is C=CS(=O)(=O)CCNCCNC(=O)c1ccc(S(=O)(=O)O)c(N)c1. The van der Waals surface area contributed by atoms with E-state index in [-0.39, 0.29) is 30.1 Å². The van der Waals surface area contributed by atoms with Gasteiger partial charge in [0.2, 0.25) is 0 Å². The van der Waals surface area contributed by atoms with E-state index in [0.717, 1.165) is 17.5 Å². The van der Waals surface area contributed by atoms with Crippen LogP contribution in [0.3, 0.4) is 0 Å². The molecule has 0 heterocycles. The van der Waals surface area contributed by atoms with Gasteiger partial charge >= 0.3 is 0 Å². The van der Waals surface area contributed by atoms with Crippen LogP contribution in [0.1, 0.15) is 10.4 Å². The number of rotatable bonds is 9. The lowest BCUT2D eigenvalue weighted by Crippen LogP contribution is -2.33. The fourth-order valence-corrected chi connectivity index (χ4v) is 2.91. The van der Waals surface area contributed by atoms with Crippen molar-refractivity contribution in [2.45, 2.75) is 4.90 Å². The van der Waals surface area contributed by atoms with Crippen LogP contribution in [0, 0.1) is 0 Å². The van der Waals surface area contributed by atoms with Crippen LogP contribution >= 0.6 is 0 Å². The minimum Gasteiger partial charge on any atom is -0.398 e. The zero-order valence-corrected chi connectivity index (χ0v) is 14.4. The number of benzene rings is 1. The number of amides is 1. The molecule has 0 saturated carbocycles. The van der Waals surface area contributed by atoms with Crippen molar-refractivity contribution in [3.8, 4) is 0 Å². The lowest BCUT2D eigenvalue weighted by Gasteiger charge is -2.08. The number of sulfone groups is 1. The second-order valence-electron chi connectivity index (χ2n) is 4.77. The summed E-state index contributed by atoms with van der Waals surface area (Å²) in [4.78, 5) is 11.4. The molecule has 0 saturated heterocycles. The van der Waals surface area contributed by atoms with Crippen molar-refractivity contribution in [1.82, 2.24) is 10.6 Å². The first-order valence-electron chi connectivity index (χ1n) is 6.78. The summed E-state index contributed by atoms with van der Waals surface area (Å²) in [5, 5.41) is 6.29. The van der Waals surface area contributed by atoms with E-state index in [9.17, 15) is 21.6 Å². The van der Waals surface area contributed by atoms with Crippen molar-refractivity contribution in [1.29, 1.82) is 0 Å². The van der Waals surface area contributed by atoms with Crippen molar-refractivity contribution >= 4 is 31.5 Å². The topological polar surface area (TPSA) is 156 Å². The summed E-state index contributed by atoms with van der Waals surface area (Å²) in [5.41, 5.74) is 5.39. The molecule has 0 radical (unpaired) electrons. The van der Waals surface area contributed by atoms with Crippen molar-refractivity contribution in [3.63, 3.8) is 0 Å². The lowest BCUT2D eigenvalue weighted by atomic mass is 10.2. The standard InChI is InChI=1S/C13H19N3O6S2/c1-2-23(18,19)8-7-15-5-6-16-13(17)10-3-4-12(11(14)9-10)24(20,21)22/h2-4,9,15H,1,5-8,14H2,(H,16,17)(H,20,21,22). The first-order valence-corrected chi connectivity index (χ1v) is 9.93. The molecule has 0 unspecified atom stereocenters. The molecule has 1 amide bonds. The molecule has 0 aliphatic rings. The van der Waals surface area contributed by atoms with Crippen molar-refractivity contribution in [3.05, 3.63) is 35.7 Å². The summed E-state index contributed by atoms with van der Waals surface area (Å²) in [6.45, 7) is 3.99. The molecule has 0 bridgehead atoms. The van der Waals surface area contributed by atoms with E-state index in [1.165, 1.54) is 6.07 Å². The number of carbonyl (C=O) groups excluding carboxylic acids is 1. The highest BCUT2D eigenvalue weighted by Gasteiger charge is 2.15. The average Bonchev–Trinajstić information content (AvgIpc) is 2.49. The molecule has 9 nitrogen and oxygen atoms in total. The Morgan fingerprint density at radius 1 is 1.21 bits per heavy atom. The number of anilines is 1. The van der Waals surface area contributed by atoms with Crippen LogP contribution in [-0.2, 0) is 20.0 Å². The van der Waals surface area contributed by atoms with Gasteiger partial charge in [-0.2, -0.15) is 8.42 Å². The Hall–Kier alpha value is -1.95. The van der Waals surface area contributed by atoms with Crippen LogP contribution in [0.4, 0.5) is 5.69 Å². The van der Waals surface area contributed by atoms with Gasteiger partial charge in [0.1, 0.15) is 4.90 Å². The monoisotopic (exact) mass is 377 g/mol. The van der Waals surface area contributed by atoms with Gasteiger partial charge in [0.15, 0.2) is 9.84 Å². The number of nitrogens with one attached hydrogen (secondary N) is 2. The molecule has 0 spiro atoms. The van der Waals surface area contributed by atoms with E-state index in [1.807, 2.05) is 0 Å². The van der Waals surface area contributed by atoms with Gasteiger partial charge in [-0.1, -0.05) is 6.58 Å². The zero-order valence-electron chi connectivity index (χ0n) is 12.7. The van der Waals surface area contributed by atoms with Crippen LogP contribution in [0.25, 0.3) is 0 Å². The van der Waals surface area contributed by atoms with E-state index >= 15 is 0 Å². The van der Waals surface area contributed by atoms with E-state index < -0.39 is 30.8 Å². The van der Waals surface area contributed by atoms with Gasteiger partial charge in [0, 0.05) is 30.6 Å². The summed E-state index contributed by atoms with van der Waals surface area (Å²) in [5.74, 6) is -0.568. The van der Waals surface area contributed by atoms with Crippen LogP contribution in [0.2, 0.25) is 0 Å². The summed E-state index contributed by atoms with van der Waals surface area (Å²) < 4.78 is 53.3. The lowest BCUT2D eigenvalue weighted by molar-refractivity contribution is 0.0954. The molecule has 1 aromatic carbocycles. The zero-order chi connectivity index (χ0) is 18.4. The number of carbonyl (C=O) groups is 1. The summed E-state index contributed by atoms with van der Waals surface area (Å²) >= 11 is 0. The molecule has 0 atom stereocenters. The number of hydrogen-bond acceptors (Lipinski definition) is 7. The third kappa shape index (κ3) is 6.28. The van der Waals surface area contributed by atoms with Gasteiger partial charge in [-0.15, -0.1) is 0 Å². The quantitative estimate of drug-likeness (QED) is 0.252. The Morgan fingerprint density at radius 3 is 2.42 bits per heavy atom. The third-order valence-electron chi connectivity index (χ3n) is 2.95. The Kier molecular flexibility index (Phi) is 6.90. The molecular formula is C13H19N3O6S2.